The van der Waals surface area contributed by atoms with Gasteiger partial charge in [-0.25, -0.2) is 4.98 Å². The zero-order valence-electron chi connectivity index (χ0n) is 13.0. The molecule has 0 atom stereocenters. The maximum Gasteiger partial charge on any atom is 0.302 e. The van der Waals surface area contributed by atoms with Gasteiger partial charge in [0.05, 0.1) is 5.69 Å². The molecule has 0 spiro atoms. The number of amides is 2. The van der Waals surface area contributed by atoms with E-state index in [1.165, 1.54) is 17.4 Å². The lowest BCUT2D eigenvalue weighted by molar-refractivity contribution is 0.100. The van der Waals surface area contributed by atoms with Crippen LogP contribution >= 0.6 is 11.3 Å². The molecule has 0 fully saturated rings. The largest absolute Gasteiger partial charge is 0.431 e. The van der Waals surface area contributed by atoms with Crippen molar-refractivity contribution in [1.82, 2.24) is 15.1 Å². The minimum absolute atomic E-state index is 0.0205. The first kappa shape index (κ1) is 15.9. The molecule has 0 radical (unpaired) electrons. The molecule has 0 saturated heterocycles. The molecule has 3 heterocycles. The Morgan fingerprint density at radius 2 is 1.83 bits per heavy atom. The Morgan fingerprint density at radius 1 is 1.08 bits per heavy atom. The zero-order valence-corrected chi connectivity index (χ0v) is 13.9. The number of hydrogen-bond donors (Lipinski definition) is 2. The van der Waals surface area contributed by atoms with Crippen molar-refractivity contribution in [3.05, 3.63) is 40.0 Å². The Morgan fingerprint density at radius 3 is 2.46 bits per heavy atom. The summed E-state index contributed by atoms with van der Waals surface area (Å²) in [5, 5.41) is 9.07. The lowest BCUT2D eigenvalue weighted by Crippen LogP contribution is -2.14. The molecule has 2 N–H and O–H groups in total. The first-order chi connectivity index (χ1) is 11.4. The number of carbonyl (C=O) groups is 2. The summed E-state index contributed by atoms with van der Waals surface area (Å²) >= 11 is 1.36. The highest BCUT2D eigenvalue weighted by Crippen LogP contribution is 2.21. The number of nitrogens with zero attached hydrogens (tertiary/aromatic N) is 3. The highest BCUT2D eigenvalue weighted by Gasteiger charge is 2.18. The molecule has 0 aliphatic rings. The van der Waals surface area contributed by atoms with Crippen LogP contribution in [0.1, 0.15) is 37.3 Å². The molecule has 0 saturated carbocycles. The highest BCUT2D eigenvalue weighted by atomic mass is 32.1. The van der Waals surface area contributed by atoms with E-state index in [9.17, 15) is 9.59 Å². The second-order valence-corrected chi connectivity index (χ2v) is 6.13. The Balaban J connectivity index is 1.66. The fourth-order valence-corrected chi connectivity index (χ4v) is 2.57. The molecule has 0 aromatic carbocycles. The fraction of sp³-hybridized carbons (Fsp3) is 0.214. The van der Waals surface area contributed by atoms with Gasteiger partial charge in [-0.1, -0.05) is 5.16 Å². The summed E-state index contributed by atoms with van der Waals surface area (Å²) in [5.74, 6) is -0.529. The van der Waals surface area contributed by atoms with Crippen LogP contribution in [0.25, 0.3) is 0 Å². The number of hydrogen-bond acceptors (Lipinski definition) is 8. The van der Waals surface area contributed by atoms with Gasteiger partial charge in [-0.05, 0) is 20.8 Å². The Bertz CT molecular complexity index is 891. The zero-order chi connectivity index (χ0) is 17.3. The minimum Gasteiger partial charge on any atom is -0.431 e. The molecule has 9 nitrogen and oxygen atoms in total. The van der Waals surface area contributed by atoms with Crippen LogP contribution in [0, 0.1) is 20.8 Å². The van der Waals surface area contributed by atoms with E-state index in [4.69, 9.17) is 8.94 Å². The lowest BCUT2D eigenvalue weighted by Gasteiger charge is -1.97. The maximum absolute atomic E-state index is 12.1. The molecule has 3 rings (SSSR count). The van der Waals surface area contributed by atoms with E-state index in [1.54, 1.807) is 6.92 Å². The van der Waals surface area contributed by atoms with Gasteiger partial charge < -0.3 is 8.94 Å². The van der Waals surface area contributed by atoms with Gasteiger partial charge in [0.1, 0.15) is 12.0 Å². The molecule has 0 aliphatic carbocycles. The van der Waals surface area contributed by atoms with E-state index < -0.39 is 11.8 Å². The van der Waals surface area contributed by atoms with E-state index in [0.717, 1.165) is 16.8 Å². The van der Waals surface area contributed by atoms with Crippen molar-refractivity contribution in [2.24, 2.45) is 0 Å². The van der Waals surface area contributed by atoms with E-state index in [-0.39, 0.29) is 17.4 Å². The van der Waals surface area contributed by atoms with Crippen LogP contribution in [0.15, 0.2) is 21.3 Å². The van der Waals surface area contributed by atoms with Crippen LogP contribution < -0.4 is 10.6 Å². The highest BCUT2D eigenvalue weighted by molar-refractivity contribution is 7.15. The van der Waals surface area contributed by atoms with Gasteiger partial charge >= 0.3 is 6.01 Å². The molecule has 0 bridgehead atoms. The summed E-state index contributed by atoms with van der Waals surface area (Å²) in [4.78, 5) is 33.1. The van der Waals surface area contributed by atoms with Gasteiger partial charge in [-0.2, -0.15) is 4.98 Å². The second kappa shape index (κ2) is 6.24. The molecule has 3 aromatic heterocycles. The molecule has 24 heavy (non-hydrogen) atoms. The lowest BCUT2D eigenvalue weighted by atomic mass is 10.3. The number of aryl methyl sites for hydroxylation is 3. The van der Waals surface area contributed by atoms with Crippen LogP contribution in [0.3, 0.4) is 0 Å². The monoisotopic (exact) mass is 347 g/mol. The van der Waals surface area contributed by atoms with Crippen LogP contribution in [0.2, 0.25) is 0 Å². The number of rotatable bonds is 4. The third-order valence-electron chi connectivity index (χ3n) is 3.07. The topological polar surface area (TPSA) is 123 Å². The number of carbonyl (C=O) groups excluding carboxylic acids is 2. The molecule has 0 unspecified atom stereocenters. The van der Waals surface area contributed by atoms with Crippen LogP contribution in [0.4, 0.5) is 11.1 Å². The molecule has 2 amide bonds. The molecule has 3 aromatic rings. The van der Waals surface area contributed by atoms with Crippen LogP contribution in [-0.4, -0.2) is 26.9 Å². The number of anilines is 2. The molecular weight excluding hydrogens is 334 g/mol. The van der Waals surface area contributed by atoms with Crippen molar-refractivity contribution in [3.63, 3.8) is 0 Å². The van der Waals surface area contributed by atoms with Crippen molar-refractivity contribution in [1.29, 1.82) is 0 Å². The number of thiazole rings is 1. The van der Waals surface area contributed by atoms with Gasteiger partial charge in [0.25, 0.3) is 11.8 Å². The van der Waals surface area contributed by atoms with E-state index in [1.807, 2.05) is 13.8 Å². The fourth-order valence-electron chi connectivity index (χ4n) is 1.76. The summed E-state index contributed by atoms with van der Waals surface area (Å²) < 4.78 is 9.89. The normalized spacial score (nSPS) is 10.6. The van der Waals surface area contributed by atoms with Crippen LogP contribution in [-0.2, 0) is 0 Å². The average molecular weight is 347 g/mol. The van der Waals surface area contributed by atoms with Gasteiger partial charge in [-0.3, -0.25) is 20.2 Å². The predicted molar refractivity (Wildman–Crippen MR) is 85.2 cm³/mol. The SMILES string of the molecule is Cc1cc(C(=O)Nc2nc(C(=O)Nc3nc(C)c(C)s3)co2)no1. The maximum atomic E-state index is 12.1. The molecule has 0 aliphatic heterocycles. The van der Waals surface area contributed by atoms with Gasteiger partial charge in [0.2, 0.25) is 0 Å². The van der Waals surface area contributed by atoms with E-state index in [0.29, 0.717) is 10.9 Å². The summed E-state index contributed by atoms with van der Waals surface area (Å²) in [6.45, 7) is 5.44. The molecule has 124 valence electrons. The van der Waals surface area contributed by atoms with Crippen molar-refractivity contribution < 1.29 is 18.5 Å². The first-order valence-electron chi connectivity index (χ1n) is 6.88. The van der Waals surface area contributed by atoms with E-state index >= 15 is 0 Å². The summed E-state index contributed by atoms with van der Waals surface area (Å²) in [6.07, 6.45) is 1.15. The predicted octanol–water partition coefficient (Wildman–Crippen LogP) is 2.55. The Kier molecular flexibility index (Phi) is 4.13. The van der Waals surface area contributed by atoms with Crippen molar-refractivity contribution in [2.45, 2.75) is 20.8 Å². The van der Waals surface area contributed by atoms with Gasteiger partial charge in [0.15, 0.2) is 16.5 Å². The first-order valence-corrected chi connectivity index (χ1v) is 7.69. The smallest absolute Gasteiger partial charge is 0.302 e. The summed E-state index contributed by atoms with van der Waals surface area (Å²) in [6, 6.07) is 1.36. The quantitative estimate of drug-likeness (QED) is 0.743. The average Bonchev–Trinajstić information content (AvgIpc) is 3.21. The standard InChI is InChI=1S/C14H13N5O4S/c1-6-4-9(19-23-6)11(20)17-13-16-10(5-22-13)12(21)18-14-15-7(2)8(3)24-14/h4-5H,1-3H3,(H,15,18,21)(H,16,17,20). The Hall–Kier alpha value is -3.01. The van der Waals surface area contributed by atoms with Gasteiger partial charge in [0, 0.05) is 10.9 Å². The third kappa shape index (κ3) is 3.33. The van der Waals surface area contributed by atoms with Crippen molar-refractivity contribution in [3.8, 4) is 0 Å². The van der Waals surface area contributed by atoms with Crippen molar-refractivity contribution in [2.75, 3.05) is 10.6 Å². The summed E-state index contributed by atoms with van der Waals surface area (Å²) in [7, 11) is 0. The number of nitrogens with one attached hydrogen (secondary N) is 2. The van der Waals surface area contributed by atoms with Crippen molar-refractivity contribution >= 4 is 34.3 Å². The van der Waals surface area contributed by atoms with Gasteiger partial charge in [-0.15, -0.1) is 11.3 Å². The second-order valence-electron chi connectivity index (χ2n) is 4.93. The number of aromatic nitrogens is 3. The molecular formula is C14H13N5O4S. The van der Waals surface area contributed by atoms with E-state index in [2.05, 4.69) is 25.8 Å². The molecule has 10 heteroatoms. The van der Waals surface area contributed by atoms with Crippen LogP contribution in [0.5, 0.6) is 0 Å². The number of oxazole rings is 1. The summed E-state index contributed by atoms with van der Waals surface area (Å²) in [5.41, 5.74) is 0.962. The Labute approximate surface area is 140 Å². The minimum atomic E-state index is -0.549. The third-order valence-corrected chi connectivity index (χ3v) is 4.06.